The lowest BCUT2D eigenvalue weighted by Gasteiger charge is -2.13. The van der Waals surface area contributed by atoms with Crippen molar-refractivity contribution in [2.24, 2.45) is 0 Å². The Morgan fingerprint density at radius 1 is 1.03 bits per heavy atom. The van der Waals surface area contributed by atoms with E-state index in [0.29, 0.717) is 33.1 Å². The maximum absolute atomic E-state index is 13.3. The van der Waals surface area contributed by atoms with Gasteiger partial charge < -0.3 is 9.47 Å². The molecule has 0 N–H and O–H groups in total. The minimum atomic E-state index is -0.400. The van der Waals surface area contributed by atoms with Gasteiger partial charge in [-0.3, -0.25) is 14.2 Å². The third-order valence-corrected chi connectivity index (χ3v) is 6.08. The SMILES string of the molecule is O=C(CSc1nc2ccccc2c(=O)n1Cc1ccc2c(c1)OCO2)c1ccc(F)cc1. The number of nitrogens with zero attached hydrogens (tertiary/aromatic N) is 2. The molecule has 0 saturated carbocycles. The summed E-state index contributed by atoms with van der Waals surface area (Å²) in [6.45, 7) is 0.434. The Hall–Kier alpha value is -3.65. The predicted octanol–water partition coefficient (Wildman–Crippen LogP) is 4.29. The molecule has 0 amide bonds. The molecule has 0 aliphatic carbocycles. The molecular weight excluding hydrogens is 431 g/mol. The lowest BCUT2D eigenvalue weighted by molar-refractivity contribution is 0.102. The number of thioether (sulfide) groups is 1. The van der Waals surface area contributed by atoms with Gasteiger partial charge in [-0.25, -0.2) is 9.37 Å². The fourth-order valence-electron chi connectivity index (χ4n) is 3.47. The first-order valence-corrected chi connectivity index (χ1v) is 10.9. The third kappa shape index (κ3) is 3.97. The predicted molar refractivity (Wildman–Crippen MR) is 119 cm³/mol. The van der Waals surface area contributed by atoms with Crippen LogP contribution in [0.3, 0.4) is 0 Å². The summed E-state index contributed by atoms with van der Waals surface area (Å²) in [5.41, 5.74) is 1.63. The molecule has 0 radical (unpaired) electrons. The number of fused-ring (bicyclic) bond motifs is 2. The number of para-hydroxylation sites is 1. The van der Waals surface area contributed by atoms with Gasteiger partial charge in [-0.15, -0.1) is 0 Å². The van der Waals surface area contributed by atoms with Gasteiger partial charge in [0, 0.05) is 5.56 Å². The largest absolute Gasteiger partial charge is 0.454 e. The van der Waals surface area contributed by atoms with Crippen LogP contribution in [0.4, 0.5) is 4.39 Å². The van der Waals surface area contributed by atoms with Crippen LogP contribution in [0.2, 0.25) is 0 Å². The lowest BCUT2D eigenvalue weighted by Crippen LogP contribution is -2.24. The van der Waals surface area contributed by atoms with E-state index in [-0.39, 0.29) is 30.4 Å². The molecule has 5 rings (SSSR count). The Kier molecular flexibility index (Phi) is 5.36. The van der Waals surface area contributed by atoms with E-state index in [2.05, 4.69) is 4.98 Å². The maximum Gasteiger partial charge on any atom is 0.262 e. The van der Waals surface area contributed by atoms with Crippen LogP contribution in [0.5, 0.6) is 11.5 Å². The van der Waals surface area contributed by atoms with Gasteiger partial charge in [0.25, 0.3) is 5.56 Å². The Balaban J connectivity index is 1.48. The molecule has 1 aromatic heterocycles. The number of ketones is 1. The van der Waals surface area contributed by atoms with Crippen molar-refractivity contribution >= 4 is 28.4 Å². The van der Waals surface area contributed by atoms with E-state index >= 15 is 0 Å². The molecule has 2 heterocycles. The topological polar surface area (TPSA) is 70.4 Å². The van der Waals surface area contributed by atoms with E-state index in [4.69, 9.17) is 9.47 Å². The molecule has 3 aromatic carbocycles. The van der Waals surface area contributed by atoms with Gasteiger partial charge >= 0.3 is 0 Å². The van der Waals surface area contributed by atoms with Crippen molar-refractivity contribution in [2.45, 2.75) is 11.7 Å². The maximum atomic E-state index is 13.3. The molecule has 160 valence electrons. The van der Waals surface area contributed by atoms with Crippen molar-refractivity contribution in [1.29, 1.82) is 0 Å². The number of carbonyl (C=O) groups excluding carboxylic acids is 1. The quantitative estimate of drug-likeness (QED) is 0.249. The fourth-order valence-corrected chi connectivity index (χ4v) is 4.36. The highest BCUT2D eigenvalue weighted by molar-refractivity contribution is 7.99. The molecule has 32 heavy (non-hydrogen) atoms. The smallest absolute Gasteiger partial charge is 0.262 e. The number of aromatic nitrogens is 2. The van der Waals surface area contributed by atoms with Gasteiger partial charge in [-0.1, -0.05) is 30.0 Å². The summed E-state index contributed by atoms with van der Waals surface area (Å²) in [6.07, 6.45) is 0. The summed E-state index contributed by atoms with van der Waals surface area (Å²) in [4.78, 5) is 30.5. The molecule has 0 atom stereocenters. The zero-order valence-electron chi connectivity index (χ0n) is 16.8. The minimum Gasteiger partial charge on any atom is -0.454 e. The van der Waals surface area contributed by atoms with Crippen molar-refractivity contribution in [1.82, 2.24) is 9.55 Å². The average molecular weight is 448 g/mol. The molecule has 0 spiro atoms. The van der Waals surface area contributed by atoms with Crippen LogP contribution in [-0.2, 0) is 6.54 Å². The van der Waals surface area contributed by atoms with Crippen molar-refractivity contribution in [2.75, 3.05) is 12.5 Å². The van der Waals surface area contributed by atoms with Crippen molar-refractivity contribution in [3.8, 4) is 11.5 Å². The molecule has 0 fully saturated rings. The van der Waals surface area contributed by atoms with Crippen molar-refractivity contribution in [3.63, 3.8) is 0 Å². The molecule has 0 saturated heterocycles. The number of ether oxygens (including phenoxy) is 2. The summed E-state index contributed by atoms with van der Waals surface area (Å²) in [5, 5.41) is 0.935. The van der Waals surface area contributed by atoms with Gasteiger partial charge in [-0.2, -0.15) is 0 Å². The third-order valence-electron chi connectivity index (χ3n) is 5.10. The number of carbonyl (C=O) groups is 1. The Labute approximate surface area is 186 Å². The highest BCUT2D eigenvalue weighted by Gasteiger charge is 2.17. The highest BCUT2D eigenvalue weighted by Crippen LogP contribution is 2.33. The number of halogens is 1. The normalized spacial score (nSPS) is 12.3. The van der Waals surface area contributed by atoms with Crippen LogP contribution in [-0.4, -0.2) is 27.9 Å². The average Bonchev–Trinajstić information content (AvgIpc) is 3.28. The first-order valence-electron chi connectivity index (χ1n) is 9.88. The summed E-state index contributed by atoms with van der Waals surface area (Å²) in [6, 6.07) is 18.0. The molecule has 1 aliphatic rings. The number of benzene rings is 3. The Bertz CT molecular complexity index is 1390. The van der Waals surface area contributed by atoms with E-state index in [1.165, 1.54) is 36.0 Å². The number of hydrogen-bond donors (Lipinski definition) is 0. The summed E-state index contributed by atoms with van der Waals surface area (Å²) in [7, 11) is 0. The first kappa shape index (κ1) is 20.3. The molecule has 1 aliphatic heterocycles. The van der Waals surface area contributed by atoms with Crippen LogP contribution >= 0.6 is 11.8 Å². The zero-order valence-corrected chi connectivity index (χ0v) is 17.6. The minimum absolute atomic E-state index is 0.0670. The second kappa shape index (κ2) is 8.47. The van der Waals surface area contributed by atoms with Crippen molar-refractivity contribution in [3.05, 3.63) is 94.0 Å². The summed E-state index contributed by atoms with van der Waals surface area (Å²) < 4.78 is 25.5. The number of Topliss-reactive ketones (excluding diaryl/α,β-unsaturated/α-hetero) is 1. The van der Waals surface area contributed by atoms with Gasteiger partial charge in [0.15, 0.2) is 22.4 Å². The van der Waals surface area contributed by atoms with Crippen molar-refractivity contribution < 1.29 is 18.7 Å². The molecule has 0 unspecified atom stereocenters. The number of hydrogen-bond acceptors (Lipinski definition) is 6. The summed E-state index contributed by atoms with van der Waals surface area (Å²) in [5.74, 6) is 0.787. The molecule has 8 heteroatoms. The van der Waals surface area contributed by atoms with Crippen LogP contribution in [0.25, 0.3) is 10.9 Å². The lowest BCUT2D eigenvalue weighted by atomic mass is 10.1. The van der Waals surface area contributed by atoms with Crippen LogP contribution in [0.1, 0.15) is 15.9 Å². The fraction of sp³-hybridized carbons (Fsp3) is 0.125. The summed E-state index contributed by atoms with van der Waals surface area (Å²) >= 11 is 1.18. The van der Waals surface area contributed by atoms with E-state index in [1.807, 2.05) is 24.3 Å². The van der Waals surface area contributed by atoms with Crippen LogP contribution < -0.4 is 15.0 Å². The second-order valence-electron chi connectivity index (χ2n) is 7.21. The van der Waals surface area contributed by atoms with E-state index < -0.39 is 5.82 Å². The molecule has 6 nitrogen and oxygen atoms in total. The Morgan fingerprint density at radius 2 is 1.81 bits per heavy atom. The van der Waals surface area contributed by atoms with Crippen LogP contribution in [0, 0.1) is 5.82 Å². The number of rotatable bonds is 6. The zero-order chi connectivity index (χ0) is 22.1. The van der Waals surface area contributed by atoms with E-state index in [1.54, 1.807) is 22.8 Å². The van der Waals surface area contributed by atoms with Gasteiger partial charge in [0.05, 0.1) is 23.2 Å². The molecule has 4 aromatic rings. The molecular formula is C24H17FN2O4S. The van der Waals surface area contributed by atoms with E-state index in [9.17, 15) is 14.0 Å². The van der Waals surface area contributed by atoms with Gasteiger partial charge in [0.1, 0.15) is 5.82 Å². The first-order chi connectivity index (χ1) is 15.6. The van der Waals surface area contributed by atoms with Crippen LogP contribution in [0.15, 0.2) is 76.7 Å². The Morgan fingerprint density at radius 3 is 2.66 bits per heavy atom. The molecule has 0 bridgehead atoms. The second-order valence-corrected chi connectivity index (χ2v) is 8.15. The van der Waals surface area contributed by atoms with Gasteiger partial charge in [-0.05, 0) is 54.1 Å². The van der Waals surface area contributed by atoms with E-state index in [0.717, 1.165) is 5.56 Å². The standard InChI is InChI=1S/C24H17FN2O4S/c25-17-8-6-16(7-9-17)20(28)13-32-24-26-19-4-2-1-3-18(19)23(29)27(24)12-15-5-10-21-22(11-15)31-14-30-21/h1-11H,12-14H2. The monoisotopic (exact) mass is 448 g/mol. The van der Waals surface area contributed by atoms with Gasteiger partial charge in [0.2, 0.25) is 6.79 Å². The highest BCUT2D eigenvalue weighted by atomic mass is 32.2.